The van der Waals surface area contributed by atoms with Gasteiger partial charge in [0.15, 0.2) is 0 Å². The molecule has 3 atom stereocenters. The monoisotopic (exact) mass is 398 g/mol. The Hall–Kier alpha value is 0.864. The fourth-order valence-corrected chi connectivity index (χ4v) is 6.02. The molecule has 0 bridgehead atoms. The van der Waals surface area contributed by atoms with E-state index < -0.39 is 29.0 Å². The van der Waals surface area contributed by atoms with E-state index in [4.69, 9.17) is 20.4 Å². The first-order valence-corrected chi connectivity index (χ1v) is 11.7. The molecule has 0 saturated heterocycles. The van der Waals surface area contributed by atoms with Gasteiger partial charge in [0.1, 0.15) is 0 Å². The molecule has 3 unspecified atom stereocenters. The third kappa shape index (κ3) is 10.6. The molecule has 0 aliphatic rings. The molecule has 0 aromatic heterocycles. The van der Waals surface area contributed by atoms with Crippen molar-refractivity contribution in [3.63, 3.8) is 0 Å². The van der Waals surface area contributed by atoms with Crippen LogP contribution >= 0.6 is 0 Å². The molecule has 0 N–H and O–H groups in total. The standard InChI is InChI=1S/3C5H11O2.Y/c3*1-3-4-5(6)7-2;/h3*5H,3-4H2,1-2H3;/q3*-1;+3. The number of rotatable bonds is 15. The normalized spacial score (nSPS) is 15.5. The van der Waals surface area contributed by atoms with E-state index in [0.717, 1.165) is 38.5 Å². The van der Waals surface area contributed by atoms with Crippen LogP contribution in [0, 0.1) is 0 Å². The van der Waals surface area contributed by atoms with Crippen LogP contribution in [0.15, 0.2) is 0 Å². The predicted molar refractivity (Wildman–Crippen MR) is 80.4 cm³/mol. The van der Waals surface area contributed by atoms with E-state index >= 15 is 0 Å². The van der Waals surface area contributed by atoms with Crippen molar-refractivity contribution in [1.82, 2.24) is 0 Å². The van der Waals surface area contributed by atoms with E-state index in [0.29, 0.717) is 0 Å². The third-order valence-electron chi connectivity index (χ3n) is 3.15. The van der Waals surface area contributed by atoms with Crippen LogP contribution in [0.2, 0.25) is 0 Å². The minimum atomic E-state index is -3.22. The van der Waals surface area contributed by atoms with Crippen molar-refractivity contribution in [3.8, 4) is 0 Å². The SMILES string of the molecule is CCCC(OC)[O][Y]([O]C(CCC)OC)[O]C(CCC)OC. The molecule has 0 aliphatic heterocycles. The van der Waals surface area contributed by atoms with Gasteiger partial charge in [-0.25, -0.2) is 0 Å². The molecule has 22 heavy (non-hydrogen) atoms. The molecule has 7 heteroatoms. The summed E-state index contributed by atoms with van der Waals surface area (Å²) in [5, 5.41) is 0. The van der Waals surface area contributed by atoms with Gasteiger partial charge < -0.3 is 0 Å². The van der Waals surface area contributed by atoms with Crippen molar-refractivity contribution in [2.45, 2.75) is 78.2 Å². The molecule has 0 aliphatic carbocycles. The van der Waals surface area contributed by atoms with Gasteiger partial charge in [0.25, 0.3) is 0 Å². The van der Waals surface area contributed by atoms with Gasteiger partial charge in [0.05, 0.1) is 0 Å². The van der Waals surface area contributed by atoms with Crippen LogP contribution in [-0.4, -0.2) is 40.2 Å². The Balaban J connectivity index is 4.71. The average Bonchev–Trinajstić information content (AvgIpc) is 2.53. The molecule has 0 spiro atoms. The van der Waals surface area contributed by atoms with Gasteiger partial charge in [0.2, 0.25) is 0 Å². The molecule has 0 aromatic carbocycles. The summed E-state index contributed by atoms with van der Waals surface area (Å²) in [6.07, 6.45) is 4.50. The van der Waals surface area contributed by atoms with Gasteiger partial charge in [-0.3, -0.25) is 0 Å². The van der Waals surface area contributed by atoms with Crippen molar-refractivity contribution >= 4 is 0 Å². The van der Waals surface area contributed by atoms with Crippen LogP contribution in [-0.2, 0) is 49.3 Å². The third-order valence-corrected chi connectivity index (χ3v) is 7.03. The van der Waals surface area contributed by atoms with Gasteiger partial charge in [-0.05, 0) is 0 Å². The predicted octanol–water partition coefficient (Wildman–Crippen LogP) is 3.72. The van der Waals surface area contributed by atoms with Crippen LogP contribution in [0.25, 0.3) is 0 Å². The van der Waals surface area contributed by atoms with E-state index in [-0.39, 0.29) is 18.9 Å². The molecular formula is C15H33O6Y. The summed E-state index contributed by atoms with van der Waals surface area (Å²) in [6.45, 7) is 6.27. The van der Waals surface area contributed by atoms with Crippen LogP contribution in [0.1, 0.15) is 59.3 Å². The zero-order valence-electron chi connectivity index (χ0n) is 15.0. The quantitative estimate of drug-likeness (QED) is 0.392. The second kappa shape index (κ2) is 15.4. The zero-order valence-corrected chi connectivity index (χ0v) is 17.8. The number of ether oxygens (including phenoxy) is 3. The molecule has 0 aromatic rings. The van der Waals surface area contributed by atoms with Gasteiger partial charge in [-0.1, -0.05) is 0 Å². The average molecular weight is 398 g/mol. The van der Waals surface area contributed by atoms with Crippen LogP contribution < -0.4 is 0 Å². The fourth-order valence-electron chi connectivity index (χ4n) is 1.90. The minimum absolute atomic E-state index is 0.288. The van der Waals surface area contributed by atoms with E-state index in [1.54, 1.807) is 21.3 Å². The van der Waals surface area contributed by atoms with Crippen molar-refractivity contribution < 1.29 is 49.3 Å². The van der Waals surface area contributed by atoms with Crippen molar-refractivity contribution in [2.75, 3.05) is 21.3 Å². The molecule has 0 rings (SSSR count). The summed E-state index contributed by atoms with van der Waals surface area (Å²) in [5.74, 6) is 0. The molecule has 0 fully saturated rings. The van der Waals surface area contributed by atoms with Gasteiger partial charge in [-0.2, -0.15) is 0 Å². The Morgan fingerprint density at radius 2 is 0.864 bits per heavy atom. The van der Waals surface area contributed by atoms with Crippen molar-refractivity contribution in [2.24, 2.45) is 0 Å². The van der Waals surface area contributed by atoms with Crippen LogP contribution in [0.3, 0.4) is 0 Å². The Kier molecular flexibility index (Phi) is 16.0. The molecule has 6 nitrogen and oxygen atoms in total. The van der Waals surface area contributed by atoms with E-state index in [2.05, 4.69) is 20.8 Å². The molecule has 0 heterocycles. The maximum absolute atomic E-state index is 5.98. The Morgan fingerprint density at radius 1 is 0.591 bits per heavy atom. The Bertz CT molecular complexity index is 206. The van der Waals surface area contributed by atoms with E-state index in [1.165, 1.54) is 0 Å². The first-order chi connectivity index (χ1) is 10.6. The molecular weight excluding hydrogens is 365 g/mol. The van der Waals surface area contributed by atoms with E-state index in [9.17, 15) is 0 Å². The number of methoxy groups -OCH3 is 3. The summed E-state index contributed by atoms with van der Waals surface area (Å²) < 4.78 is 34.0. The van der Waals surface area contributed by atoms with Crippen LogP contribution in [0.4, 0.5) is 0 Å². The molecule has 0 saturated carbocycles. The van der Waals surface area contributed by atoms with Gasteiger partial charge in [0, 0.05) is 0 Å². The summed E-state index contributed by atoms with van der Waals surface area (Å²) in [4.78, 5) is 0. The summed E-state index contributed by atoms with van der Waals surface area (Å²) in [7, 11) is 4.93. The Labute approximate surface area is 148 Å². The van der Waals surface area contributed by atoms with Crippen LogP contribution in [0.5, 0.6) is 0 Å². The van der Waals surface area contributed by atoms with Crippen molar-refractivity contribution in [3.05, 3.63) is 0 Å². The molecule has 0 amide bonds. The zero-order chi connectivity index (χ0) is 16.8. The first-order valence-electron chi connectivity index (χ1n) is 8.19. The van der Waals surface area contributed by atoms with E-state index in [1.807, 2.05) is 0 Å². The van der Waals surface area contributed by atoms with Gasteiger partial charge in [-0.15, -0.1) is 0 Å². The number of hydrogen-bond acceptors (Lipinski definition) is 6. The molecule has 132 valence electrons. The summed E-state index contributed by atoms with van der Waals surface area (Å²) in [5.41, 5.74) is 0. The first kappa shape index (κ1) is 22.9. The molecule has 0 radical (unpaired) electrons. The van der Waals surface area contributed by atoms with Crippen molar-refractivity contribution in [1.29, 1.82) is 0 Å². The summed E-state index contributed by atoms with van der Waals surface area (Å²) >= 11 is -3.22. The fraction of sp³-hybridized carbons (Fsp3) is 1.00. The second-order valence-corrected chi connectivity index (χ2v) is 8.48. The topological polar surface area (TPSA) is 55.4 Å². The second-order valence-electron chi connectivity index (χ2n) is 5.06. The Morgan fingerprint density at radius 3 is 1.05 bits per heavy atom. The maximum atomic E-state index is 5.98. The van der Waals surface area contributed by atoms with Gasteiger partial charge >= 0.3 is 149 Å². The number of hydrogen-bond donors (Lipinski definition) is 0. The summed E-state index contributed by atoms with van der Waals surface area (Å²) in [6, 6.07) is 0.